The Balaban J connectivity index is 2.16. The first-order valence-electron chi connectivity index (χ1n) is 4.53. The van der Waals surface area contributed by atoms with Crippen molar-refractivity contribution < 1.29 is 9.63 Å². The van der Waals surface area contributed by atoms with Crippen LogP contribution in [-0.2, 0) is 4.79 Å². The number of anilines is 1. The maximum atomic E-state index is 10.5. The van der Waals surface area contributed by atoms with E-state index in [4.69, 9.17) is 16.3 Å². The normalized spacial score (nSPS) is 10.5. The molecule has 0 saturated carbocycles. The number of amides is 1. The van der Waals surface area contributed by atoms with Crippen molar-refractivity contribution in [2.45, 2.75) is 6.42 Å². The molecule has 0 aromatic rings. The van der Waals surface area contributed by atoms with Crippen molar-refractivity contribution in [1.82, 2.24) is 19.7 Å². The number of nitrogens with two attached hydrogens (primary N) is 2. The van der Waals surface area contributed by atoms with Crippen LogP contribution in [-0.4, -0.2) is 32.2 Å². The number of rotatable bonds is 4. The summed E-state index contributed by atoms with van der Waals surface area (Å²) < 4.78 is 1.31. The Labute approximate surface area is 90.5 Å². The fraction of sp³-hybridized carbons (Fsp3) is 0.250. The first kappa shape index (κ1) is 10.1. The standard InChI is InChI=1S/C8H10N6O2/c9-5(15)1-2-16-14-4-13-7(10)6-8(14)12-3-11-6/h3-4H,1-2,10H2,(H2,9,15). The zero-order chi connectivity index (χ0) is 11.5. The van der Waals surface area contributed by atoms with Gasteiger partial charge in [0.25, 0.3) is 0 Å². The lowest BCUT2D eigenvalue weighted by Crippen LogP contribution is -2.22. The number of hydrogen-bond acceptors (Lipinski definition) is 6. The fourth-order valence-corrected chi connectivity index (χ4v) is 1.17. The predicted molar refractivity (Wildman–Crippen MR) is 54.1 cm³/mol. The highest BCUT2D eigenvalue weighted by atomic mass is 16.7. The van der Waals surface area contributed by atoms with E-state index in [0.29, 0.717) is 11.5 Å². The quantitative estimate of drug-likeness (QED) is 0.660. The first-order valence-corrected chi connectivity index (χ1v) is 4.53. The van der Waals surface area contributed by atoms with Crippen molar-refractivity contribution in [1.29, 1.82) is 0 Å². The molecule has 0 aromatic carbocycles. The van der Waals surface area contributed by atoms with Gasteiger partial charge in [-0.05, 0) is 0 Å². The smallest absolute Gasteiger partial charge is 0.220 e. The molecule has 0 aliphatic carbocycles. The van der Waals surface area contributed by atoms with Gasteiger partial charge >= 0.3 is 0 Å². The van der Waals surface area contributed by atoms with E-state index in [1.54, 1.807) is 0 Å². The first-order chi connectivity index (χ1) is 7.68. The minimum absolute atomic E-state index is 0.118. The van der Waals surface area contributed by atoms with E-state index >= 15 is 0 Å². The molecule has 8 nitrogen and oxygen atoms in total. The minimum Gasteiger partial charge on any atom is -0.410 e. The van der Waals surface area contributed by atoms with E-state index < -0.39 is 5.91 Å². The van der Waals surface area contributed by atoms with Crippen LogP contribution in [0.1, 0.15) is 6.42 Å². The number of carbonyl (C=O) groups is 1. The number of carbonyl (C=O) groups excluding carboxylic acids is 1. The molecule has 0 aromatic heterocycles. The van der Waals surface area contributed by atoms with Crippen LogP contribution < -0.4 is 16.3 Å². The lowest BCUT2D eigenvalue weighted by molar-refractivity contribution is -0.119. The summed E-state index contributed by atoms with van der Waals surface area (Å²) >= 11 is 0. The topological polar surface area (TPSA) is 122 Å². The van der Waals surface area contributed by atoms with Gasteiger partial charge in [-0.1, -0.05) is 0 Å². The highest BCUT2D eigenvalue weighted by Crippen LogP contribution is 2.19. The Hall–Kier alpha value is -2.38. The van der Waals surface area contributed by atoms with E-state index in [0.717, 1.165) is 0 Å². The molecule has 0 unspecified atom stereocenters. The van der Waals surface area contributed by atoms with Crippen molar-refractivity contribution in [2.75, 3.05) is 12.3 Å². The Bertz CT molecular complexity index is 482. The van der Waals surface area contributed by atoms with Gasteiger partial charge in [0, 0.05) is 0 Å². The molecule has 2 aliphatic heterocycles. The van der Waals surface area contributed by atoms with Crippen LogP contribution >= 0.6 is 0 Å². The van der Waals surface area contributed by atoms with Gasteiger partial charge in [-0.2, -0.15) is 4.73 Å². The molecule has 2 aliphatic rings. The lowest BCUT2D eigenvalue weighted by atomic mass is 10.4. The summed E-state index contributed by atoms with van der Waals surface area (Å²) in [5, 5.41) is 0. The molecule has 0 fully saturated rings. The van der Waals surface area contributed by atoms with E-state index in [2.05, 4.69) is 15.0 Å². The average molecular weight is 222 g/mol. The number of fused-ring (bicyclic) bond motifs is 1. The summed E-state index contributed by atoms with van der Waals surface area (Å²) in [6.07, 6.45) is 2.84. The summed E-state index contributed by atoms with van der Waals surface area (Å²) in [4.78, 5) is 27.5. The second-order valence-corrected chi connectivity index (χ2v) is 3.05. The van der Waals surface area contributed by atoms with Crippen molar-refractivity contribution >= 4 is 11.7 Å². The largest absolute Gasteiger partial charge is 0.410 e. The molecule has 2 rings (SSSR count). The minimum atomic E-state index is -0.436. The third-order valence-electron chi connectivity index (χ3n) is 1.91. The molecule has 0 spiro atoms. The summed E-state index contributed by atoms with van der Waals surface area (Å²) in [6.45, 7) is 0.146. The average Bonchev–Trinajstić information content (AvgIpc) is 2.70. The molecule has 0 saturated heterocycles. The van der Waals surface area contributed by atoms with E-state index in [-0.39, 0.29) is 18.8 Å². The maximum Gasteiger partial charge on any atom is 0.220 e. The van der Waals surface area contributed by atoms with Crippen LogP contribution in [0.3, 0.4) is 0 Å². The second-order valence-electron chi connectivity index (χ2n) is 3.05. The van der Waals surface area contributed by atoms with Gasteiger partial charge < -0.3 is 16.3 Å². The SMILES string of the molecule is NC(=O)CCOn1cnc(N)c2ncnc1-2. The number of aromatic nitrogens is 4. The van der Waals surface area contributed by atoms with Gasteiger partial charge in [0.15, 0.2) is 11.5 Å². The maximum absolute atomic E-state index is 10.5. The molecule has 1 amide bonds. The molecule has 84 valence electrons. The predicted octanol–water partition coefficient (Wildman–Crippen LogP) is -1.34. The number of hydrogen-bond donors (Lipinski definition) is 2. The van der Waals surface area contributed by atoms with Gasteiger partial charge in [0.2, 0.25) is 11.7 Å². The number of nitrogens with zero attached hydrogens (tertiary/aromatic N) is 4. The third kappa shape index (κ3) is 1.85. The molecule has 4 N–H and O–H groups in total. The molecular weight excluding hydrogens is 212 g/mol. The van der Waals surface area contributed by atoms with Crippen LogP contribution in [0.25, 0.3) is 11.5 Å². The van der Waals surface area contributed by atoms with Crippen molar-refractivity contribution in [3.05, 3.63) is 12.7 Å². The van der Waals surface area contributed by atoms with Gasteiger partial charge in [-0.3, -0.25) is 4.79 Å². The highest BCUT2D eigenvalue weighted by molar-refractivity contribution is 5.73. The second kappa shape index (κ2) is 4.01. The Kier molecular flexibility index (Phi) is 2.54. The van der Waals surface area contributed by atoms with Crippen LogP contribution in [0.2, 0.25) is 0 Å². The van der Waals surface area contributed by atoms with Crippen molar-refractivity contribution in [2.24, 2.45) is 5.73 Å². The number of imidazole rings is 1. The van der Waals surface area contributed by atoms with E-state index in [1.807, 2.05) is 0 Å². The fourth-order valence-electron chi connectivity index (χ4n) is 1.17. The highest BCUT2D eigenvalue weighted by Gasteiger charge is 2.15. The van der Waals surface area contributed by atoms with Crippen molar-refractivity contribution in [3.63, 3.8) is 0 Å². The van der Waals surface area contributed by atoms with Crippen molar-refractivity contribution in [3.8, 4) is 11.5 Å². The molecule has 0 atom stereocenters. The van der Waals surface area contributed by atoms with Gasteiger partial charge in [-0.25, -0.2) is 15.0 Å². The van der Waals surface area contributed by atoms with Gasteiger partial charge in [0.05, 0.1) is 6.42 Å². The molecule has 8 heteroatoms. The number of nitrogen functional groups attached to an aromatic ring is 1. The van der Waals surface area contributed by atoms with Crippen LogP contribution in [0.15, 0.2) is 12.7 Å². The van der Waals surface area contributed by atoms with E-state index in [9.17, 15) is 4.79 Å². The summed E-state index contributed by atoms with van der Waals surface area (Å²) in [5.41, 5.74) is 11.0. The molecule has 2 heterocycles. The monoisotopic (exact) mass is 222 g/mol. The Morgan fingerprint density at radius 2 is 2.25 bits per heavy atom. The Morgan fingerprint density at radius 1 is 1.44 bits per heavy atom. The van der Waals surface area contributed by atoms with Crippen LogP contribution in [0, 0.1) is 0 Å². The van der Waals surface area contributed by atoms with Crippen LogP contribution in [0.5, 0.6) is 0 Å². The van der Waals surface area contributed by atoms with Crippen LogP contribution in [0.4, 0.5) is 5.82 Å². The molecule has 0 radical (unpaired) electrons. The van der Waals surface area contributed by atoms with Gasteiger partial charge in [0.1, 0.15) is 19.3 Å². The molecule has 16 heavy (non-hydrogen) atoms. The summed E-state index contributed by atoms with van der Waals surface area (Å²) in [5.74, 6) is 0.299. The van der Waals surface area contributed by atoms with E-state index in [1.165, 1.54) is 17.4 Å². The van der Waals surface area contributed by atoms with Gasteiger partial charge in [-0.15, -0.1) is 0 Å². The Morgan fingerprint density at radius 3 is 3.00 bits per heavy atom. The zero-order valence-corrected chi connectivity index (χ0v) is 8.33. The zero-order valence-electron chi connectivity index (χ0n) is 8.33. The lowest BCUT2D eigenvalue weighted by Gasteiger charge is -2.11. The molecular formula is C8H10N6O2. The number of primary amides is 1. The molecule has 0 bridgehead atoms. The summed E-state index contributed by atoms with van der Waals surface area (Å²) in [6, 6.07) is 0. The summed E-state index contributed by atoms with van der Waals surface area (Å²) in [7, 11) is 0. The third-order valence-corrected chi connectivity index (χ3v) is 1.91.